The Bertz CT molecular complexity index is 300. The minimum Gasteiger partial charge on any atom is -0.326 e. The van der Waals surface area contributed by atoms with E-state index in [1.54, 1.807) is 10.8 Å². The maximum Gasteiger partial charge on any atom is 0.233 e. The molecule has 1 heterocycles. The summed E-state index contributed by atoms with van der Waals surface area (Å²) in [6.45, 7) is 4.57. The van der Waals surface area contributed by atoms with Gasteiger partial charge in [-0.05, 0) is 24.5 Å². The fourth-order valence-corrected chi connectivity index (χ4v) is 1.55. The summed E-state index contributed by atoms with van der Waals surface area (Å²) in [7, 11) is 0. The van der Waals surface area contributed by atoms with Gasteiger partial charge in [-0.1, -0.05) is 13.8 Å². The van der Waals surface area contributed by atoms with Crippen LogP contribution in [0.1, 0.15) is 37.0 Å². The third-order valence-corrected chi connectivity index (χ3v) is 2.58. The first-order valence-electron chi connectivity index (χ1n) is 5.14. The number of rotatable bonds is 4. The van der Waals surface area contributed by atoms with Crippen LogP contribution in [0.3, 0.4) is 0 Å². The third kappa shape index (κ3) is 2.23. The normalized spacial score (nSPS) is 10.9. The van der Waals surface area contributed by atoms with Gasteiger partial charge in [0.2, 0.25) is 5.91 Å². The highest BCUT2D eigenvalue weighted by Gasteiger charge is 2.15. The molecule has 0 aliphatic rings. The molecule has 0 radical (unpaired) electrons. The molecule has 0 atom stereocenters. The quantitative estimate of drug-likeness (QED) is 0.797. The van der Waals surface area contributed by atoms with Crippen LogP contribution in [-0.4, -0.2) is 10.5 Å². The van der Waals surface area contributed by atoms with Crippen LogP contribution < -0.4 is 5.73 Å². The van der Waals surface area contributed by atoms with Crippen molar-refractivity contribution < 1.29 is 4.79 Å². The highest BCUT2D eigenvalue weighted by molar-refractivity contribution is 5.81. The summed E-state index contributed by atoms with van der Waals surface area (Å²) in [6, 6.07) is 1.89. The van der Waals surface area contributed by atoms with Crippen LogP contribution in [0, 0.1) is 5.92 Å². The zero-order valence-corrected chi connectivity index (χ0v) is 8.86. The van der Waals surface area contributed by atoms with Crippen molar-refractivity contribution in [2.24, 2.45) is 11.7 Å². The van der Waals surface area contributed by atoms with Crippen molar-refractivity contribution in [3.63, 3.8) is 0 Å². The van der Waals surface area contributed by atoms with Gasteiger partial charge < -0.3 is 5.73 Å². The fourth-order valence-electron chi connectivity index (χ4n) is 1.55. The van der Waals surface area contributed by atoms with Crippen molar-refractivity contribution in [1.29, 1.82) is 0 Å². The Morgan fingerprint density at radius 1 is 1.50 bits per heavy atom. The number of carbonyl (C=O) groups excluding carboxylic acids is 1. The Morgan fingerprint density at radius 2 is 2.14 bits per heavy atom. The largest absolute Gasteiger partial charge is 0.326 e. The lowest BCUT2D eigenvalue weighted by Gasteiger charge is -2.10. The zero-order valence-electron chi connectivity index (χ0n) is 8.86. The summed E-state index contributed by atoms with van der Waals surface area (Å²) >= 11 is 0. The lowest BCUT2D eigenvalue weighted by Crippen LogP contribution is -2.19. The topological polar surface area (TPSA) is 48.0 Å². The molecule has 0 saturated heterocycles. The molecule has 0 unspecified atom stereocenters. The Morgan fingerprint density at radius 3 is 2.57 bits per heavy atom. The van der Waals surface area contributed by atoms with E-state index in [-0.39, 0.29) is 11.8 Å². The van der Waals surface area contributed by atoms with Crippen LogP contribution in [0.25, 0.3) is 0 Å². The average molecular weight is 194 g/mol. The van der Waals surface area contributed by atoms with Crippen molar-refractivity contribution >= 4 is 5.91 Å². The van der Waals surface area contributed by atoms with Crippen molar-refractivity contribution in [3.05, 3.63) is 24.0 Å². The van der Waals surface area contributed by atoms with E-state index in [1.807, 2.05) is 26.1 Å². The first kappa shape index (κ1) is 11.0. The van der Waals surface area contributed by atoms with Gasteiger partial charge in [-0.2, -0.15) is 0 Å². The number of carbonyl (C=O) groups is 1. The fraction of sp³-hybridized carbons (Fsp3) is 0.545. The second-order valence-electron chi connectivity index (χ2n) is 3.48. The smallest absolute Gasteiger partial charge is 0.233 e. The van der Waals surface area contributed by atoms with E-state index < -0.39 is 0 Å². The minimum atomic E-state index is 0.132. The van der Waals surface area contributed by atoms with Gasteiger partial charge in [-0.25, -0.2) is 0 Å². The van der Waals surface area contributed by atoms with E-state index >= 15 is 0 Å². The van der Waals surface area contributed by atoms with Gasteiger partial charge in [0.05, 0.1) is 0 Å². The van der Waals surface area contributed by atoms with E-state index in [0.717, 1.165) is 18.4 Å². The van der Waals surface area contributed by atoms with Crippen LogP contribution in [0.4, 0.5) is 0 Å². The highest BCUT2D eigenvalue weighted by atomic mass is 16.2. The summed E-state index contributed by atoms with van der Waals surface area (Å²) in [5, 5.41) is 0. The van der Waals surface area contributed by atoms with Gasteiger partial charge in [-0.15, -0.1) is 0 Å². The van der Waals surface area contributed by atoms with Crippen LogP contribution >= 0.6 is 0 Å². The van der Waals surface area contributed by atoms with Crippen LogP contribution in [0.5, 0.6) is 0 Å². The number of hydrogen-bond acceptors (Lipinski definition) is 2. The minimum absolute atomic E-state index is 0.132. The molecule has 1 rings (SSSR count). The number of nitrogens with two attached hydrogens (primary N) is 1. The second-order valence-corrected chi connectivity index (χ2v) is 3.48. The van der Waals surface area contributed by atoms with Crippen molar-refractivity contribution in [3.8, 4) is 0 Å². The molecule has 14 heavy (non-hydrogen) atoms. The standard InChI is InChI=1S/C11H18N2O/c1-3-10(4-2)11(14)13-6-5-9(7-12)8-13/h5-6,8,10H,3-4,7,12H2,1-2H3. The monoisotopic (exact) mass is 194 g/mol. The zero-order chi connectivity index (χ0) is 10.6. The molecular formula is C11H18N2O. The maximum atomic E-state index is 11.9. The van der Waals surface area contributed by atoms with E-state index in [0.29, 0.717) is 6.54 Å². The molecule has 0 aliphatic carbocycles. The Balaban J connectivity index is 2.77. The molecule has 78 valence electrons. The van der Waals surface area contributed by atoms with Gasteiger partial charge in [0.25, 0.3) is 0 Å². The Labute approximate surface area is 84.9 Å². The first-order valence-corrected chi connectivity index (χ1v) is 5.14. The van der Waals surface area contributed by atoms with Crippen molar-refractivity contribution in [1.82, 2.24) is 4.57 Å². The van der Waals surface area contributed by atoms with Crippen LogP contribution in [0.15, 0.2) is 18.5 Å². The molecule has 1 aromatic heterocycles. The van der Waals surface area contributed by atoms with Gasteiger partial charge in [0.15, 0.2) is 0 Å². The molecule has 1 aromatic rings. The molecule has 3 heteroatoms. The number of hydrogen-bond donors (Lipinski definition) is 1. The molecule has 0 fully saturated rings. The number of aromatic nitrogens is 1. The lowest BCUT2D eigenvalue weighted by molar-refractivity contribution is 0.0827. The summed E-state index contributed by atoms with van der Waals surface area (Å²) < 4.78 is 1.65. The van der Waals surface area contributed by atoms with Gasteiger partial charge in [-0.3, -0.25) is 9.36 Å². The molecule has 0 saturated carbocycles. The van der Waals surface area contributed by atoms with E-state index in [2.05, 4.69) is 0 Å². The summed E-state index contributed by atoms with van der Waals surface area (Å²) in [5.74, 6) is 0.308. The van der Waals surface area contributed by atoms with Gasteiger partial charge >= 0.3 is 0 Å². The molecule has 0 spiro atoms. The molecule has 0 aromatic carbocycles. The summed E-state index contributed by atoms with van der Waals surface area (Å²) in [6.07, 6.45) is 5.40. The molecule has 3 nitrogen and oxygen atoms in total. The maximum absolute atomic E-state index is 11.9. The van der Waals surface area contributed by atoms with Crippen LogP contribution in [0.2, 0.25) is 0 Å². The van der Waals surface area contributed by atoms with Gasteiger partial charge in [0, 0.05) is 24.9 Å². The second kappa shape index (κ2) is 4.96. The molecular weight excluding hydrogens is 176 g/mol. The predicted octanol–water partition coefficient (Wildman–Crippen LogP) is 2.02. The van der Waals surface area contributed by atoms with E-state index in [9.17, 15) is 4.79 Å². The molecule has 2 N–H and O–H groups in total. The lowest BCUT2D eigenvalue weighted by atomic mass is 10.0. The van der Waals surface area contributed by atoms with Crippen molar-refractivity contribution in [2.75, 3.05) is 0 Å². The van der Waals surface area contributed by atoms with E-state index in [1.165, 1.54) is 0 Å². The summed E-state index contributed by atoms with van der Waals surface area (Å²) in [4.78, 5) is 11.9. The third-order valence-electron chi connectivity index (χ3n) is 2.58. The molecule has 0 amide bonds. The SMILES string of the molecule is CCC(CC)C(=O)n1ccc(CN)c1. The Hall–Kier alpha value is -1.09. The summed E-state index contributed by atoms with van der Waals surface area (Å²) in [5.41, 5.74) is 6.48. The number of nitrogens with zero attached hydrogens (tertiary/aromatic N) is 1. The average Bonchev–Trinajstić information content (AvgIpc) is 2.67. The predicted molar refractivity (Wildman–Crippen MR) is 57.0 cm³/mol. The van der Waals surface area contributed by atoms with Gasteiger partial charge in [0.1, 0.15) is 0 Å². The van der Waals surface area contributed by atoms with Crippen molar-refractivity contribution in [2.45, 2.75) is 33.2 Å². The Kier molecular flexibility index (Phi) is 3.89. The first-order chi connectivity index (χ1) is 6.72. The van der Waals surface area contributed by atoms with E-state index in [4.69, 9.17) is 5.73 Å². The molecule has 0 bridgehead atoms. The molecule has 0 aliphatic heterocycles. The highest BCUT2D eigenvalue weighted by Crippen LogP contribution is 2.12. The van der Waals surface area contributed by atoms with Crippen LogP contribution in [-0.2, 0) is 6.54 Å².